The number of rotatable bonds is 5. The minimum absolute atomic E-state index is 0.0482. The number of aromatic nitrogens is 2. The van der Waals surface area contributed by atoms with E-state index in [-0.39, 0.29) is 29.1 Å². The largest absolute Gasteiger partial charge is 0.497 e. The molecule has 1 aliphatic rings. The quantitative estimate of drug-likeness (QED) is 0.688. The molecule has 7 nitrogen and oxygen atoms in total. The summed E-state index contributed by atoms with van der Waals surface area (Å²) in [5.74, 6) is 0.550. The number of carbonyl (C=O) groups is 1. The van der Waals surface area contributed by atoms with Gasteiger partial charge in [0.2, 0.25) is 0 Å². The molecule has 2 aromatic heterocycles. The molecule has 3 aromatic rings. The van der Waals surface area contributed by atoms with Gasteiger partial charge in [0.25, 0.3) is 5.91 Å². The second-order valence-corrected chi connectivity index (χ2v) is 9.75. The van der Waals surface area contributed by atoms with Gasteiger partial charge in [-0.25, -0.2) is 8.42 Å². The van der Waals surface area contributed by atoms with Crippen LogP contribution in [0.2, 0.25) is 0 Å². The third-order valence-electron chi connectivity index (χ3n) is 4.64. The molecular weight excluding hydrogens is 398 g/mol. The summed E-state index contributed by atoms with van der Waals surface area (Å²) < 4.78 is 30.6. The van der Waals surface area contributed by atoms with E-state index in [4.69, 9.17) is 4.74 Å². The van der Waals surface area contributed by atoms with Gasteiger partial charge >= 0.3 is 0 Å². The van der Waals surface area contributed by atoms with Crippen LogP contribution in [0.15, 0.2) is 47.8 Å². The molecule has 0 radical (unpaired) electrons. The molecule has 0 spiro atoms. The Labute approximate surface area is 166 Å². The zero-order valence-corrected chi connectivity index (χ0v) is 16.8. The highest BCUT2D eigenvalue weighted by atomic mass is 32.2. The molecule has 146 valence electrons. The van der Waals surface area contributed by atoms with Crippen molar-refractivity contribution < 1.29 is 17.9 Å². The standard InChI is InChI=1S/C19H19N3O4S2/c1-26-15-6-4-13(5-7-15)20-19(23)16-11-17(18-3-2-9-27-18)22(21-16)14-8-10-28(24,25)12-14/h2-7,9,11,14H,8,10,12H2,1H3,(H,20,23)/t14-/m0/s1. The summed E-state index contributed by atoms with van der Waals surface area (Å²) in [6.45, 7) is 0. The molecule has 28 heavy (non-hydrogen) atoms. The van der Waals surface area contributed by atoms with Gasteiger partial charge in [-0.1, -0.05) is 6.07 Å². The Hall–Kier alpha value is -2.65. The molecule has 1 saturated heterocycles. The summed E-state index contributed by atoms with van der Waals surface area (Å²) in [5, 5.41) is 9.22. The number of benzene rings is 1. The molecule has 1 N–H and O–H groups in total. The average molecular weight is 418 g/mol. The van der Waals surface area contributed by atoms with Gasteiger partial charge in [-0.15, -0.1) is 11.3 Å². The van der Waals surface area contributed by atoms with E-state index in [1.54, 1.807) is 42.1 Å². The van der Waals surface area contributed by atoms with Crippen molar-refractivity contribution in [1.29, 1.82) is 0 Å². The number of hydrogen-bond acceptors (Lipinski definition) is 6. The van der Waals surface area contributed by atoms with Gasteiger partial charge in [-0.2, -0.15) is 5.10 Å². The molecule has 1 atom stereocenters. The lowest BCUT2D eigenvalue weighted by atomic mass is 10.2. The van der Waals surface area contributed by atoms with Gasteiger partial charge in [-0.3, -0.25) is 9.48 Å². The summed E-state index contributed by atoms with van der Waals surface area (Å²) in [6.07, 6.45) is 0.502. The Morgan fingerprint density at radius 2 is 2.07 bits per heavy atom. The molecule has 0 bridgehead atoms. The van der Waals surface area contributed by atoms with E-state index >= 15 is 0 Å². The van der Waals surface area contributed by atoms with Crippen molar-refractivity contribution >= 4 is 32.8 Å². The minimum atomic E-state index is -3.07. The maximum atomic E-state index is 12.7. The molecule has 1 aromatic carbocycles. The van der Waals surface area contributed by atoms with Crippen molar-refractivity contribution in [2.45, 2.75) is 12.5 Å². The number of nitrogens with zero attached hydrogens (tertiary/aromatic N) is 2. The zero-order valence-electron chi connectivity index (χ0n) is 15.2. The summed E-state index contributed by atoms with van der Waals surface area (Å²) in [7, 11) is -1.49. The highest BCUT2D eigenvalue weighted by Gasteiger charge is 2.32. The fourth-order valence-corrected chi connectivity index (χ4v) is 5.66. The lowest BCUT2D eigenvalue weighted by Crippen LogP contribution is -2.16. The molecule has 3 heterocycles. The average Bonchev–Trinajstić information content (AvgIpc) is 3.40. The van der Waals surface area contributed by atoms with E-state index in [0.29, 0.717) is 17.9 Å². The Balaban J connectivity index is 1.63. The van der Waals surface area contributed by atoms with Crippen LogP contribution in [0, 0.1) is 0 Å². The van der Waals surface area contributed by atoms with Crippen LogP contribution in [0.1, 0.15) is 23.0 Å². The van der Waals surface area contributed by atoms with Crippen molar-refractivity contribution in [3.8, 4) is 16.3 Å². The first-order chi connectivity index (χ1) is 13.4. The van der Waals surface area contributed by atoms with Crippen LogP contribution in [0.25, 0.3) is 10.6 Å². The van der Waals surface area contributed by atoms with Gasteiger partial charge in [0.15, 0.2) is 15.5 Å². The van der Waals surface area contributed by atoms with Gasteiger partial charge in [0.05, 0.1) is 35.2 Å². The zero-order chi connectivity index (χ0) is 19.7. The third-order valence-corrected chi connectivity index (χ3v) is 7.29. The Morgan fingerprint density at radius 3 is 2.68 bits per heavy atom. The minimum Gasteiger partial charge on any atom is -0.497 e. The van der Waals surface area contributed by atoms with Crippen molar-refractivity contribution in [1.82, 2.24) is 9.78 Å². The van der Waals surface area contributed by atoms with E-state index in [2.05, 4.69) is 10.4 Å². The van der Waals surface area contributed by atoms with E-state index < -0.39 is 9.84 Å². The van der Waals surface area contributed by atoms with Gasteiger partial charge in [0, 0.05) is 5.69 Å². The number of ether oxygens (including phenoxy) is 1. The Bertz CT molecular complexity index is 1090. The number of anilines is 1. The fraction of sp³-hybridized carbons (Fsp3) is 0.263. The van der Waals surface area contributed by atoms with Crippen LogP contribution < -0.4 is 10.1 Å². The maximum absolute atomic E-state index is 12.7. The molecule has 0 saturated carbocycles. The topological polar surface area (TPSA) is 90.3 Å². The number of amides is 1. The van der Waals surface area contributed by atoms with E-state index in [0.717, 1.165) is 10.6 Å². The number of thiophene rings is 1. The highest BCUT2D eigenvalue weighted by molar-refractivity contribution is 7.91. The molecule has 0 unspecified atom stereocenters. The van der Waals surface area contributed by atoms with Gasteiger partial charge in [0.1, 0.15) is 5.75 Å². The number of sulfone groups is 1. The van der Waals surface area contributed by atoms with Crippen LogP contribution in [-0.4, -0.2) is 42.7 Å². The van der Waals surface area contributed by atoms with Gasteiger partial charge in [-0.05, 0) is 48.2 Å². The van der Waals surface area contributed by atoms with Crippen LogP contribution >= 0.6 is 11.3 Å². The molecular formula is C19H19N3O4S2. The van der Waals surface area contributed by atoms with Crippen LogP contribution in [0.4, 0.5) is 5.69 Å². The lowest BCUT2D eigenvalue weighted by molar-refractivity contribution is 0.102. The summed E-state index contributed by atoms with van der Waals surface area (Å²) in [5.41, 5.74) is 1.64. The monoisotopic (exact) mass is 417 g/mol. The van der Waals surface area contributed by atoms with Crippen LogP contribution in [0.3, 0.4) is 0 Å². The van der Waals surface area contributed by atoms with Crippen molar-refractivity contribution in [2.24, 2.45) is 0 Å². The molecule has 1 fully saturated rings. The number of methoxy groups -OCH3 is 1. The normalized spacial score (nSPS) is 18.1. The van der Waals surface area contributed by atoms with Gasteiger partial charge < -0.3 is 10.1 Å². The second-order valence-electron chi connectivity index (χ2n) is 6.58. The summed E-state index contributed by atoms with van der Waals surface area (Å²) in [6, 6.07) is 12.3. The SMILES string of the molecule is COc1ccc(NC(=O)c2cc(-c3cccs3)n([C@H]3CCS(=O)(=O)C3)n2)cc1. The van der Waals surface area contributed by atoms with E-state index in [1.165, 1.54) is 11.3 Å². The van der Waals surface area contributed by atoms with Crippen LogP contribution in [-0.2, 0) is 9.84 Å². The first-order valence-corrected chi connectivity index (χ1v) is 11.4. The van der Waals surface area contributed by atoms with E-state index in [9.17, 15) is 13.2 Å². The number of nitrogens with one attached hydrogen (secondary N) is 1. The smallest absolute Gasteiger partial charge is 0.276 e. The fourth-order valence-electron chi connectivity index (χ4n) is 3.23. The van der Waals surface area contributed by atoms with Crippen molar-refractivity contribution in [3.63, 3.8) is 0 Å². The Kier molecular flexibility index (Phi) is 4.94. The molecule has 9 heteroatoms. The predicted molar refractivity (Wildman–Crippen MR) is 109 cm³/mol. The molecule has 4 rings (SSSR count). The first-order valence-electron chi connectivity index (χ1n) is 8.74. The molecule has 1 amide bonds. The Morgan fingerprint density at radius 1 is 1.29 bits per heavy atom. The summed E-state index contributed by atoms with van der Waals surface area (Å²) >= 11 is 1.53. The van der Waals surface area contributed by atoms with Crippen molar-refractivity contribution in [2.75, 3.05) is 23.9 Å². The first kappa shape index (κ1) is 18.7. The molecule has 0 aliphatic carbocycles. The van der Waals surface area contributed by atoms with Crippen LogP contribution in [0.5, 0.6) is 5.75 Å². The number of hydrogen-bond donors (Lipinski definition) is 1. The third kappa shape index (κ3) is 3.81. The second kappa shape index (κ2) is 7.40. The highest BCUT2D eigenvalue weighted by Crippen LogP contribution is 2.32. The lowest BCUT2D eigenvalue weighted by Gasteiger charge is -2.12. The number of carbonyl (C=O) groups excluding carboxylic acids is 1. The van der Waals surface area contributed by atoms with Crippen molar-refractivity contribution in [3.05, 3.63) is 53.5 Å². The molecule has 1 aliphatic heterocycles. The predicted octanol–water partition coefficient (Wildman–Crippen LogP) is 3.23. The van der Waals surface area contributed by atoms with E-state index in [1.807, 2.05) is 17.5 Å². The maximum Gasteiger partial charge on any atom is 0.276 e. The summed E-state index contributed by atoms with van der Waals surface area (Å²) in [4.78, 5) is 13.7.